The van der Waals surface area contributed by atoms with Gasteiger partial charge in [-0.2, -0.15) is 0 Å². The highest BCUT2D eigenvalue weighted by molar-refractivity contribution is 7.12. The molecule has 2 aliphatic carbocycles. The molecule has 2 unspecified atom stereocenters. The maximum absolute atomic E-state index is 13.3. The second kappa shape index (κ2) is 8.27. The van der Waals surface area contributed by atoms with Crippen molar-refractivity contribution in [1.29, 1.82) is 0 Å². The summed E-state index contributed by atoms with van der Waals surface area (Å²) in [5.74, 6) is 1.25. The second-order valence-electron chi connectivity index (χ2n) is 9.21. The number of benzene rings is 1. The number of rotatable bonds is 8. The zero-order chi connectivity index (χ0) is 21.5. The molecule has 5 heteroatoms. The Labute approximate surface area is 185 Å². The summed E-state index contributed by atoms with van der Waals surface area (Å²) in [5, 5.41) is 11.0. The Balaban J connectivity index is 1.48. The third-order valence-electron chi connectivity index (χ3n) is 6.57. The Hall–Kier alpha value is -2.40. The fraction of sp³-hybridized carbons (Fsp3) is 0.423. The number of hydrogen-bond donors (Lipinski definition) is 1. The van der Waals surface area contributed by atoms with Gasteiger partial charge in [-0.05, 0) is 74.3 Å². The number of halogens is 1. The van der Waals surface area contributed by atoms with E-state index in [9.17, 15) is 14.3 Å². The van der Waals surface area contributed by atoms with Crippen molar-refractivity contribution in [2.45, 2.75) is 57.3 Å². The molecule has 0 radical (unpaired) electrons. The normalized spacial score (nSPS) is 18.1. The molecule has 2 saturated carbocycles. The minimum Gasteiger partial charge on any atom is -0.507 e. The fourth-order valence-electron chi connectivity index (χ4n) is 4.62. The summed E-state index contributed by atoms with van der Waals surface area (Å²) in [6.07, 6.45) is 6.09. The molecule has 1 aromatic carbocycles. The summed E-state index contributed by atoms with van der Waals surface area (Å²) in [4.78, 5) is 15.5. The van der Waals surface area contributed by atoms with Gasteiger partial charge >= 0.3 is 5.63 Å². The molecule has 2 atom stereocenters. The van der Waals surface area contributed by atoms with Gasteiger partial charge in [-0.1, -0.05) is 25.0 Å². The van der Waals surface area contributed by atoms with Crippen LogP contribution in [-0.2, 0) is 6.42 Å². The van der Waals surface area contributed by atoms with E-state index in [4.69, 9.17) is 4.42 Å². The van der Waals surface area contributed by atoms with Crippen molar-refractivity contribution in [2.75, 3.05) is 0 Å². The SMILES string of the molecule is Cc1ccc(C(c2c(O)cc(C(Cc3ccc(F)cc3)CC3CC3)oc2=O)C2CC2)s1. The van der Waals surface area contributed by atoms with E-state index < -0.39 is 5.63 Å². The third kappa shape index (κ3) is 4.62. The molecule has 0 spiro atoms. The van der Waals surface area contributed by atoms with Crippen LogP contribution in [0.25, 0.3) is 0 Å². The monoisotopic (exact) mass is 438 g/mol. The lowest BCUT2D eigenvalue weighted by Crippen LogP contribution is -2.17. The second-order valence-corrected chi connectivity index (χ2v) is 10.5. The van der Waals surface area contributed by atoms with E-state index in [2.05, 4.69) is 19.1 Å². The average molecular weight is 439 g/mol. The van der Waals surface area contributed by atoms with Crippen molar-refractivity contribution < 1.29 is 13.9 Å². The number of hydrogen-bond acceptors (Lipinski definition) is 4. The van der Waals surface area contributed by atoms with E-state index in [0.717, 1.165) is 29.7 Å². The molecule has 3 nitrogen and oxygen atoms in total. The van der Waals surface area contributed by atoms with Crippen molar-refractivity contribution in [1.82, 2.24) is 0 Å². The molecule has 2 aliphatic rings. The minimum atomic E-state index is -0.419. The molecular weight excluding hydrogens is 411 g/mol. The molecular formula is C26H27FO3S. The van der Waals surface area contributed by atoms with Gasteiger partial charge in [0.05, 0.1) is 5.56 Å². The van der Waals surface area contributed by atoms with E-state index in [0.29, 0.717) is 29.6 Å². The summed E-state index contributed by atoms with van der Waals surface area (Å²) < 4.78 is 19.2. The average Bonchev–Trinajstić information content (AvgIpc) is 3.66. The van der Waals surface area contributed by atoms with Crippen LogP contribution >= 0.6 is 11.3 Å². The van der Waals surface area contributed by atoms with E-state index in [1.165, 1.54) is 29.9 Å². The molecule has 2 aromatic heterocycles. The van der Waals surface area contributed by atoms with Crippen LogP contribution in [0.4, 0.5) is 4.39 Å². The Morgan fingerprint density at radius 1 is 1.13 bits per heavy atom. The minimum absolute atomic E-state index is 0.00558. The first-order valence-electron chi connectivity index (χ1n) is 11.2. The van der Waals surface area contributed by atoms with Crippen LogP contribution in [0, 0.1) is 24.6 Å². The molecule has 5 rings (SSSR count). The zero-order valence-electron chi connectivity index (χ0n) is 17.6. The smallest absolute Gasteiger partial charge is 0.343 e. The summed E-state index contributed by atoms with van der Waals surface area (Å²) in [7, 11) is 0. The van der Waals surface area contributed by atoms with Gasteiger partial charge in [0.1, 0.15) is 17.3 Å². The largest absolute Gasteiger partial charge is 0.507 e. The van der Waals surface area contributed by atoms with E-state index in [1.807, 2.05) is 0 Å². The first-order chi connectivity index (χ1) is 15.0. The number of aromatic hydroxyl groups is 1. The van der Waals surface area contributed by atoms with Gasteiger partial charge in [0.25, 0.3) is 0 Å². The van der Waals surface area contributed by atoms with Crippen LogP contribution in [0.2, 0.25) is 0 Å². The molecule has 0 saturated heterocycles. The van der Waals surface area contributed by atoms with Crippen LogP contribution < -0.4 is 5.63 Å². The highest BCUT2D eigenvalue weighted by Crippen LogP contribution is 2.49. The lowest BCUT2D eigenvalue weighted by molar-refractivity contribution is 0.371. The van der Waals surface area contributed by atoms with Crippen LogP contribution in [-0.4, -0.2) is 5.11 Å². The van der Waals surface area contributed by atoms with Crippen LogP contribution in [0.15, 0.2) is 51.7 Å². The first kappa shape index (κ1) is 20.5. The lowest BCUT2D eigenvalue weighted by Gasteiger charge is -2.19. The number of thiophene rings is 1. The van der Waals surface area contributed by atoms with Crippen molar-refractivity contribution in [3.63, 3.8) is 0 Å². The van der Waals surface area contributed by atoms with Crippen LogP contribution in [0.1, 0.15) is 70.6 Å². The maximum Gasteiger partial charge on any atom is 0.343 e. The molecule has 2 fully saturated rings. The van der Waals surface area contributed by atoms with Crippen molar-refractivity contribution in [3.05, 3.63) is 85.3 Å². The van der Waals surface area contributed by atoms with E-state index in [-0.39, 0.29) is 23.4 Å². The van der Waals surface area contributed by atoms with Gasteiger partial charge in [-0.15, -0.1) is 11.3 Å². The van der Waals surface area contributed by atoms with Crippen molar-refractivity contribution >= 4 is 11.3 Å². The Kier molecular flexibility index (Phi) is 5.47. The standard InChI is InChI=1S/C26H27FO3S/c1-15-2-11-23(31-15)24(18-7-8-18)25-21(28)14-22(30-26(25)29)19(12-16-3-4-16)13-17-5-9-20(27)10-6-17/h2,5-6,9-11,14,16,18-19,24,28H,3-4,7-8,12-13H2,1H3. The molecule has 0 amide bonds. The quantitative estimate of drug-likeness (QED) is 0.435. The zero-order valence-corrected chi connectivity index (χ0v) is 18.5. The van der Waals surface area contributed by atoms with Crippen molar-refractivity contribution in [2.24, 2.45) is 11.8 Å². The van der Waals surface area contributed by atoms with E-state index in [1.54, 1.807) is 29.5 Å². The Morgan fingerprint density at radius 2 is 1.87 bits per heavy atom. The lowest BCUT2D eigenvalue weighted by atomic mass is 9.89. The molecule has 1 N–H and O–H groups in total. The van der Waals surface area contributed by atoms with Gasteiger partial charge < -0.3 is 9.52 Å². The predicted octanol–water partition coefficient (Wildman–Crippen LogP) is 6.52. The molecule has 3 aromatic rings. The maximum atomic E-state index is 13.3. The summed E-state index contributed by atoms with van der Waals surface area (Å²) in [6.45, 7) is 2.06. The van der Waals surface area contributed by atoms with Gasteiger partial charge in [0.15, 0.2) is 0 Å². The van der Waals surface area contributed by atoms with Gasteiger partial charge in [0.2, 0.25) is 0 Å². The molecule has 0 bridgehead atoms. The van der Waals surface area contributed by atoms with Gasteiger partial charge in [-0.3, -0.25) is 0 Å². The van der Waals surface area contributed by atoms with Crippen LogP contribution in [0.5, 0.6) is 5.75 Å². The van der Waals surface area contributed by atoms with Gasteiger partial charge in [-0.25, -0.2) is 9.18 Å². The fourth-order valence-corrected chi connectivity index (χ4v) is 5.70. The Morgan fingerprint density at radius 3 is 2.45 bits per heavy atom. The summed E-state index contributed by atoms with van der Waals surface area (Å²) >= 11 is 1.68. The number of aryl methyl sites for hydroxylation is 1. The van der Waals surface area contributed by atoms with Crippen LogP contribution in [0.3, 0.4) is 0 Å². The molecule has 162 valence electrons. The van der Waals surface area contributed by atoms with Crippen molar-refractivity contribution in [3.8, 4) is 5.75 Å². The third-order valence-corrected chi connectivity index (χ3v) is 7.65. The highest BCUT2D eigenvalue weighted by atomic mass is 32.1. The predicted molar refractivity (Wildman–Crippen MR) is 120 cm³/mol. The Bertz CT molecular complexity index is 1120. The molecule has 2 heterocycles. The topological polar surface area (TPSA) is 50.4 Å². The molecule has 0 aliphatic heterocycles. The highest BCUT2D eigenvalue weighted by Gasteiger charge is 2.38. The summed E-state index contributed by atoms with van der Waals surface area (Å²) in [6, 6.07) is 12.3. The van der Waals surface area contributed by atoms with E-state index >= 15 is 0 Å². The summed E-state index contributed by atoms with van der Waals surface area (Å²) in [5.41, 5.74) is 0.987. The molecule has 31 heavy (non-hydrogen) atoms. The first-order valence-corrected chi connectivity index (χ1v) is 12.0. The van der Waals surface area contributed by atoms with Gasteiger partial charge in [0, 0.05) is 27.7 Å².